The van der Waals surface area contributed by atoms with Gasteiger partial charge in [-0.15, -0.1) is 34.5 Å². The number of hydrogen-bond donors (Lipinski definition) is 0. The molecule has 1 heteroatoms. The number of fused-ring (bicyclic) bond motifs is 1. The van der Waals surface area contributed by atoms with Gasteiger partial charge in [0.05, 0.1) is 0 Å². The fourth-order valence-corrected chi connectivity index (χ4v) is 2.25. The molecule has 0 nitrogen and oxygen atoms in total. The second-order valence-electron chi connectivity index (χ2n) is 4.21. The van der Waals surface area contributed by atoms with Crippen molar-refractivity contribution in [1.29, 1.82) is 0 Å². The molecule has 0 saturated carbocycles. The molecule has 0 bridgehead atoms. The third-order valence-corrected chi connectivity index (χ3v) is 2.98. The Balaban J connectivity index is 0.00000108. The number of hydrogen-bond acceptors (Lipinski definition) is 0. The Bertz CT molecular complexity index is 620. The van der Waals surface area contributed by atoms with Gasteiger partial charge in [-0.1, -0.05) is 48.9 Å². The quantitative estimate of drug-likeness (QED) is 0.412. The van der Waals surface area contributed by atoms with E-state index in [1.807, 2.05) is 0 Å². The van der Waals surface area contributed by atoms with Gasteiger partial charge in [0.15, 0.2) is 0 Å². The molecule has 0 saturated heterocycles. The Labute approximate surface area is 131 Å². The summed E-state index contributed by atoms with van der Waals surface area (Å²) in [5.74, 6) is 0. The Kier molecular flexibility index (Phi) is 6.90. The first kappa shape index (κ1) is 17.8. The molecule has 3 rings (SSSR count). The maximum absolute atomic E-state index is 2.26. The second kappa shape index (κ2) is 7.38. The minimum Gasteiger partial charge on any atom is -0.358 e. The molecular formula is C18H19Ti. The molecule has 95 valence electrons. The summed E-state index contributed by atoms with van der Waals surface area (Å²) in [7, 11) is 0. The molecule has 0 heterocycles. The van der Waals surface area contributed by atoms with Crippen molar-refractivity contribution in [2.45, 2.75) is 6.92 Å². The zero-order valence-corrected chi connectivity index (χ0v) is 13.3. The molecule has 1 radical (unpaired) electrons. The van der Waals surface area contributed by atoms with E-state index in [2.05, 4.69) is 67.6 Å². The minimum atomic E-state index is 0. The minimum absolute atomic E-state index is 0. The fraction of sp³-hybridized carbons (Fsp3) is 0.0556. The van der Waals surface area contributed by atoms with Crippen molar-refractivity contribution in [1.82, 2.24) is 0 Å². The number of rotatable bonds is 1. The van der Waals surface area contributed by atoms with Crippen LogP contribution in [0.4, 0.5) is 0 Å². The van der Waals surface area contributed by atoms with Crippen LogP contribution in [0.2, 0.25) is 0 Å². The average Bonchev–Trinajstić information content (AvgIpc) is 2.70. The van der Waals surface area contributed by atoms with Crippen LogP contribution in [0.5, 0.6) is 0 Å². The largest absolute Gasteiger partial charge is 3.00 e. The molecule has 0 atom stereocenters. The molecule has 0 N–H and O–H groups in total. The van der Waals surface area contributed by atoms with E-state index in [-0.39, 0.29) is 36.6 Å². The molecule has 19 heavy (non-hydrogen) atoms. The van der Waals surface area contributed by atoms with Gasteiger partial charge in [-0.3, -0.25) is 0 Å². The van der Waals surface area contributed by atoms with Gasteiger partial charge in [0.2, 0.25) is 0 Å². The summed E-state index contributed by atoms with van der Waals surface area (Å²) in [6.45, 7) is 2.15. The summed E-state index contributed by atoms with van der Waals surface area (Å²) in [6.07, 6.45) is 0. The van der Waals surface area contributed by atoms with Crippen molar-refractivity contribution < 1.29 is 21.7 Å². The van der Waals surface area contributed by atoms with Crippen LogP contribution in [0, 0.1) is 21.8 Å². The van der Waals surface area contributed by atoms with E-state index in [9.17, 15) is 0 Å². The van der Waals surface area contributed by atoms with Crippen LogP contribution in [0.25, 0.3) is 21.9 Å². The van der Waals surface area contributed by atoms with Crippen LogP contribution < -0.4 is 0 Å². The van der Waals surface area contributed by atoms with Gasteiger partial charge in [0, 0.05) is 0 Å². The summed E-state index contributed by atoms with van der Waals surface area (Å²) in [4.78, 5) is 0. The summed E-state index contributed by atoms with van der Waals surface area (Å²) < 4.78 is 0. The van der Waals surface area contributed by atoms with Crippen molar-refractivity contribution in [3.05, 3.63) is 81.1 Å². The van der Waals surface area contributed by atoms with Crippen molar-refractivity contribution in [3.63, 3.8) is 0 Å². The molecule has 0 spiro atoms. The third-order valence-electron chi connectivity index (χ3n) is 2.98. The van der Waals surface area contributed by atoms with E-state index in [0.29, 0.717) is 0 Å². The van der Waals surface area contributed by atoms with Crippen LogP contribution in [0.15, 0.2) is 60.7 Å². The molecule has 0 aliphatic heterocycles. The van der Waals surface area contributed by atoms with Gasteiger partial charge >= 0.3 is 21.7 Å². The van der Waals surface area contributed by atoms with Crippen molar-refractivity contribution in [2.24, 2.45) is 0 Å². The normalized spacial score (nSPS) is 9.11. The van der Waals surface area contributed by atoms with Crippen LogP contribution in [-0.4, -0.2) is 0 Å². The Morgan fingerprint density at radius 3 is 2.21 bits per heavy atom. The van der Waals surface area contributed by atoms with E-state index in [1.54, 1.807) is 0 Å². The van der Waals surface area contributed by atoms with Gasteiger partial charge in [0.25, 0.3) is 0 Å². The van der Waals surface area contributed by atoms with Crippen LogP contribution >= 0.6 is 0 Å². The van der Waals surface area contributed by atoms with Crippen LogP contribution in [0.3, 0.4) is 0 Å². The van der Waals surface area contributed by atoms with Gasteiger partial charge in [-0.05, 0) is 5.56 Å². The predicted molar refractivity (Wildman–Crippen MR) is 82.5 cm³/mol. The van der Waals surface area contributed by atoms with Crippen molar-refractivity contribution >= 4 is 10.8 Å². The van der Waals surface area contributed by atoms with Crippen molar-refractivity contribution in [2.75, 3.05) is 0 Å². The molecule has 3 aromatic rings. The summed E-state index contributed by atoms with van der Waals surface area (Å²) in [5.41, 5.74) is 3.95. The Morgan fingerprint density at radius 1 is 0.842 bits per heavy atom. The second-order valence-corrected chi connectivity index (χ2v) is 4.21. The smallest absolute Gasteiger partial charge is 0.358 e. The zero-order chi connectivity index (χ0) is 11.0. The monoisotopic (exact) mass is 283 g/mol. The maximum atomic E-state index is 2.26. The molecule has 0 aliphatic carbocycles. The molecule has 3 aromatic carbocycles. The fourth-order valence-electron chi connectivity index (χ4n) is 2.25. The van der Waals surface area contributed by atoms with E-state index < -0.39 is 0 Å². The van der Waals surface area contributed by atoms with E-state index in [0.717, 1.165) is 0 Å². The van der Waals surface area contributed by atoms with Crippen LogP contribution in [-0.2, 0) is 21.7 Å². The summed E-state index contributed by atoms with van der Waals surface area (Å²) in [5, 5.41) is 2.69. The first-order valence-electron chi connectivity index (χ1n) is 5.56. The van der Waals surface area contributed by atoms with E-state index in [4.69, 9.17) is 0 Å². The molecule has 0 aliphatic rings. The topological polar surface area (TPSA) is 0 Å². The summed E-state index contributed by atoms with van der Waals surface area (Å²) in [6, 6.07) is 21.6. The molecule has 0 unspecified atom stereocenters. The van der Waals surface area contributed by atoms with Crippen molar-refractivity contribution in [3.8, 4) is 11.1 Å². The summed E-state index contributed by atoms with van der Waals surface area (Å²) >= 11 is 0. The van der Waals surface area contributed by atoms with Gasteiger partial charge in [-0.25, -0.2) is 0 Å². The van der Waals surface area contributed by atoms with Gasteiger partial charge in [0.1, 0.15) is 0 Å². The van der Waals surface area contributed by atoms with Crippen LogP contribution in [0.1, 0.15) is 5.56 Å². The third kappa shape index (κ3) is 3.40. The predicted octanol–water partition coefficient (Wildman–Crippen LogP) is 5.43. The van der Waals surface area contributed by atoms with E-state index in [1.165, 1.54) is 27.5 Å². The Morgan fingerprint density at radius 2 is 1.53 bits per heavy atom. The Hall–Kier alpha value is -1.24. The zero-order valence-electron chi connectivity index (χ0n) is 11.8. The number of aryl methyl sites for hydroxylation is 1. The molecule has 0 aromatic heterocycles. The molecule has 0 fully saturated rings. The standard InChI is InChI=1S/C16H13.2CH3.Ti/c1-12-10-14-8-5-9-15(16(14)11-12)13-6-3-2-4-7-13;;;/h2-11H,1H3;2*1H3;/q3*-1;+3. The average molecular weight is 283 g/mol. The maximum Gasteiger partial charge on any atom is 3.00 e. The SMILES string of the molecule is Cc1cc2c(-c3ccccc3)cccc2[cH-]1.[CH3-].[CH3-].[Ti+3]. The van der Waals surface area contributed by atoms with Gasteiger partial charge in [-0.2, -0.15) is 6.07 Å². The molecular weight excluding hydrogens is 264 g/mol. The van der Waals surface area contributed by atoms with E-state index >= 15 is 0 Å². The first-order chi connectivity index (χ1) is 7.84. The number of benzene rings is 2. The van der Waals surface area contributed by atoms with Gasteiger partial charge < -0.3 is 14.9 Å². The first-order valence-corrected chi connectivity index (χ1v) is 5.56. The molecule has 0 amide bonds.